The molecule has 0 fully saturated rings. The highest BCUT2D eigenvalue weighted by Gasteiger charge is 2.13. The fraction of sp³-hybridized carbons (Fsp3) is 0.111. The maximum Gasteiger partial charge on any atom is 0.276 e. The van der Waals surface area contributed by atoms with Crippen LogP contribution < -0.4 is 10.6 Å². The van der Waals surface area contributed by atoms with Crippen molar-refractivity contribution in [3.8, 4) is 0 Å². The van der Waals surface area contributed by atoms with Crippen molar-refractivity contribution in [2.45, 2.75) is 12.8 Å². The fourth-order valence-corrected chi connectivity index (χ4v) is 2.97. The van der Waals surface area contributed by atoms with Gasteiger partial charge in [-0.3, -0.25) is 9.59 Å². The largest absolute Gasteiger partial charge is 0.305 e. The zero-order valence-corrected chi connectivity index (χ0v) is 15.2. The molecule has 0 atom stereocenters. The summed E-state index contributed by atoms with van der Waals surface area (Å²) in [6, 6.07) is 13.0. The number of amides is 2. The Morgan fingerprint density at radius 3 is 2.62 bits per heavy atom. The number of nitrogens with zero attached hydrogens (tertiary/aromatic N) is 2. The van der Waals surface area contributed by atoms with Crippen LogP contribution in [0.2, 0.25) is 5.02 Å². The maximum atomic E-state index is 12.2. The number of benzene rings is 1. The Hall–Kier alpha value is -2.77. The number of aromatic nitrogens is 2. The molecule has 8 heteroatoms. The summed E-state index contributed by atoms with van der Waals surface area (Å²) in [5, 5.41) is 7.79. The number of aryl methyl sites for hydroxylation is 1. The molecule has 3 rings (SSSR count). The monoisotopic (exact) mass is 386 g/mol. The Morgan fingerprint density at radius 1 is 1.08 bits per heavy atom. The quantitative estimate of drug-likeness (QED) is 0.670. The molecular weight excluding hydrogens is 372 g/mol. The molecule has 0 spiro atoms. The minimum atomic E-state index is -0.402. The second kappa shape index (κ2) is 8.55. The Bertz CT molecular complexity index is 897. The molecule has 2 N–H and O–H groups in total. The van der Waals surface area contributed by atoms with Crippen LogP contribution in [-0.4, -0.2) is 21.8 Å². The Kier molecular flexibility index (Phi) is 5.93. The van der Waals surface area contributed by atoms with Gasteiger partial charge in [0, 0.05) is 18.0 Å². The number of pyridine rings is 1. The van der Waals surface area contributed by atoms with E-state index in [1.165, 1.54) is 17.5 Å². The number of hydrogen-bond acceptors (Lipinski definition) is 5. The fourth-order valence-electron chi connectivity index (χ4n) is 2.15. The van der Waals surface area contributed by atoms with Crippen LogP contribution in [0.25, 0.3) is 0 Å². The smallest absolute Gasteiger partial charge is 0.276 e. The molecule has 1 aromatic carbocycles. The number of nitrogens with one attached hydrogen (secondary N) is 2. The third kappa shape index (κ3) is 5.11. The Labute approximate surface area is 159 Å². The highest BCUT2D eigenvalue weighted by Crippen LogP contribution is 2.17. The van der Waals surface area contributed by atoms with Crippen LogP contribution in [0.1, 0.15) is 22.5 Å². The molecule has 132 valence electrons. The highest BCUT2D eigenvalue weighted by molar-refractivity contribution is 7.14. The van der Waals surface area contributed by atoms with Gasteiger partial charge in [0.15, 0.2) is 5.13 Å². The van der Waals surface area contributed by atoms with Crippen molar-refractivity contribution in [2.75, 3.05) is 10.6 Å². The van der Waals surface area contributed by atoms with Gasteiger partial charge in [-0.1, -0.05) is 41.9 Å². The average Bonchev–Trinajstić information content (AvgIpc) is 3.11. The number of thiazole rings is 1. The van der Waals surface area contributed by atoms with E-state index in [0.717, 1.165) is 5.56 Å². The first-order valence-electron chi connectivity index (χ1n) is 7.82. The van der Waals surface area contributed by atoms with Crippen molar-refractivity contribution in [3.05, 3.63) is 70.3 Å². The number of carbonyl (C=O) groups excluding carboxylic acids is 2. The average molecular weight is 387 g/mol. The van der Waals surface area contributed by atoms with Crippen LogP contribution in [0.4, 0.5) is 10.9 Å². The van der Waals surface area contributed by atoms with Gasteiger partial charge in [0.05, 0.1) is 5.02 Å². The van der Waals surface area contributed by atoms with E-state index in [0.29, 0.717) is 28.8 Å². The minimum Gasteiger partial charge on any atom is -0.305 e. The normalized spacial score (nSPS) is 10.3. The zero-order chi connectivity index (χ0) is 18.4. The van der Waals surface area contributed by atoms with E-state index >= 15 is 0 Å². The Morgan fingerprint density at radius 2 is 1.88 bits per heavy atom. The first-order valence-corrected chi connectivity index (χ1v) is 9.08. The molecule has 3 aromatic rings. The molecular formula is C18H15ClN4O2S. The first kappa shape index (κ1) is 18.0. The van der Waals surface area contributed by atoms with E-state index < -0.39 is 5.91 Å². The van der Waals surface area contributed by atoms with Crippen LogP contribution >= 0.6 is 22.9 Å². The number of carbonyl (C=O) groups is 2. The van der Waals surface area contributed by atoms with Crippen LogP contribution in [-0.2, 0) is 11.2 Å². The first-order chi connectivity index (χ1) is 12.6. The van der Waals surface area contributed by atoms with Crippen LogP contribution in [0, 0.1) is 0 Å². The van der Waals surface area contributed by atoms with E-state index in [1.807, 2.05) is 30.3 Å². The van der Waals surface area contributed by atoms with E-state index in [2.05, 4.69) is 20.6 Å². The van der Waals surface area contributed by atoms with Gasteiger partial charge < -0.3 is 10.6 Å². The number of anilines is 2. The third-order valence-corrected chi connectivity index (χ3v) is 4.42. The summed E-state index contributed by atoms with van der Waals surface area (Å²) in [5.41, 5.74) is 1.31. The molecule has 2 aromatic heterocycles. The molecule has 2 amide bonds. The van der Waals surface area contributed by atoms with Gasteiger partial charge in [0.1, 0.15) is 11.5 Å². The number of hydrogen-bond donors (Lipinski definition) is 2. The maximum absolute atomic E-state index is 12.2. The molecule has 0 saturated heterocycles. The molecule has 0 radical (unpaired) electrons. The summed E-state index contributed by atoms with van der Waals surface area (Å²) in [6.07, 6.45) is 2.43. The molecule has 26 heavy (non-hydrogen) atoms. The summed E-state index contributed by atoms with van der Waals surface area (Å²) >= 11 is 6.95. The predicted octanol–water partition coefficient (Wildman–Crippen LogP) is 4.02. The van der Waals surface area contributed by atoms with E-state index in [1.54, 1.807) is 17.5 Å². The summed E-state index contributed by atoms with van der Waals surface area (Å²) in [4.78, 5) is 32.3. The van der Waals surface area contributed by atoms with Gasteiger partial charge in [0.25, 0.3) is 5.91 Å². The minimum absolute atomic E-state index is 0.144. The summed E-state index contributed by atoms with van der Waals surface area (Å²) in [5.74, 6) is -0.170. The second-order valence-electron chi connectivity index (χ2n) is 5.39. The SMILES string of the molecule is O=C(CCc1ccccc1)Nc1nc(C(=O)Nc2ccc(Cl)cn2)cs1. The molecule has 6 nitrogen and oxygen atoms in total. The predicted molar refractivity (Wildman–Crippen MR) is 103 cm³/mol. The molecule has 0 aliphatic rings. The summed E-state index contributed by atoms with van der Waals surface area (Å²) in [6.45, 7) is 0. The van der Waals surface area contributed by atoms with E-state index in [-0.39, 0.29) is 11.6 Å². The topological polar surface area (TPSA) is 84.0 Å². The lowest BCUT2D eigenvalue weighted by Gasteiger charge is -2.03. The third-order valence-electron chi connectivity index (χ3n) is 3.44. The lowest BCUT2D eigenvalue weighted by Crippen LogP contribution is -2.15. The van der Waals surface area contributed by atoms with Crippen molar-refractivity contribution in [1.29, 1.82) is 0 Å². The highest BCUT2D eigenvalue weighted by atomic mass is 35.5. The van der Waals surface area contributed by atoms with Crippen molar-refractivity contribution >= 4 is 45.7 Å². The van der Waals surface area contributed by atoms with Gasteiger partial charge in [-0.25, -0.2) is 9.97 Å². The van der Waals surface area contributed by atoms with Crippen LogP contribution in [0.3, 0.4) is 0 Å². The molecule has 0 unspecified atom stereocenters. The number of halogens is 1. The van der Waals surface area contributed by atoms with Gasteiger partial charge in [-0.15, -0.1) is 11.3 Å². The summed E-state index contributed by atoms with van der Waals surface area (Å²) < 4.78 is 0. The van der Waals surface area contributed by atoms with E-state index in [4.69, 9.17) is 11.6 Å². The van der Waals surface area contributed by atoms with E-state index in [9.17, 15) is 9.59 Å². The lowest BCUT2D eigenvalue weighted by atomic mass is 10.1. The molecule has 0 aliphatic carbocycles. The van der Waals surface area contributed by atoms with Gasteiger partial charge in [0.2, 0.25) is 5.91 Å². The van der Waals surface area contributed by atoms with Crippen molar-refractivity contribution in [2.24, 2.45) is 0 Å². The van der Waals surface area contributed by atoms with Gasteiger partial charge in [-0.2, -0.15) is 0 Å². The summed E-state index contributed by atoms with van der Waals surface area (Å²) in [7, 11) is 0. The van der Waals surface area contributed by atoms with Gasteiger partial charge in [-0.05, 0) is 24.1 Å². The van der Waals surface area contributed by atoms with Crippen molar-refractivity contribution in [3.63, 3.8) is 0 Å². The van der Waals surface area contributed by atoms with Crippen molar-refractivity contribution in [1.82, 2.24) is 9.97 Å². The standard InChI is InChI=1S/C18H15ClN4O2S/c19-13-7-8-15(20-10-13)22-17(25)14-11-26-18(21-14)23-16(24)9-6-12-4-2-1-3-5-12/h1-5,7-8,10-11H,6,9H2,(H,20,22,25)(H,21,23,24). The van der Waals surface area contributed by atoms with Crippen LogP contribution in [0.5, 0.6) is 0 Å². The van der Waals surface area contributed by atoms with Crippen LogP contribution in [0.15, 0.2) is 54.0 Å². The lowest BCUT2D eigenvalue weighted by molar-refractivity contribution is -0.116. The molecule has 2 heterocycles. The van der Waals surface area contributed by atoms with Crippen molar-refractivity contribution < 1.29 is 9.59 Å². The molecule has 0 bridgehead atoms. The second-order valence-corrected chi connectivity index (χ2v) is 6.68. The number of rotatable bonds is 6. The Balaban J connectivity index is 1.52. The molecule has 0 saturated carbocycles. The molecule has 0 aliphatic heterocycles. The zero-order valence-electron chi connectivity index (χ0n) is 13.6. The van der Waals surface area contributed by atoms with Gasteiger partial charge >= 0.3 is 0 Å².